The van der Waals surface area contributed by atoms with Gasteiger partial charge in [-0.3, -0.25) is 19.7 Å². The number of carbonyl (C=O) groups excluding carboxylic acids is 3. The molecule has 3 amide bonds. The first kappa shape index (κ1) is 15.5. The molecule has 1 saturated heterocycles. The molecule has 1 fully saturated rings. The van der Waals surface area contributed by atoms with E-state index < -0.39 is 6.04 Å². The molecule has 2 aliphatic heterocycles. The van der Waals surface area contributed by atoms with Gasteiger partial charge in [-0.25, -0.2) is 0 Å². The highest BCUT2D eigenvalue weighted by molar-refractivity contribution is 6.05. The number of amides is 3. The molecule has 1 aromatic rings. The highest BCUT2D eigenvalue weighted by Crippen LogP contribution is 2.28. The second-order valence-electron chi connectivity index (χ2n) is 5.10. The predicted molar refractivity (Wildman–Crippen MR) is 77.6 cm³/mol. The van der Waals surface area contributed by atoms with E-state index in [9.17, 15) is 14.4 Å². The van der Waals surface area contributed by atoms with Gasteiger partial charge in [0.15, 0.2) is 0 Å². The monoisotopic (exact) mass is 309 g/mol. The van der Waals surface area contributed by atoms with Crippen LogP contribution in [0.4, 0.5) is 0 Å². The van der Waals surface area contributed by atoms with E-state index in [1.165, 1.54) is 4.90 Å². The van der Waals surface area contributed by atoms with Gasteiger partial charge in [-0.2, -0.15) is 0 Å². The van der Waals surface area contributed by atoms with Crippen LogP contribution < -0.4 is 11.1 Å². The Kier molecular flexibility index (Phi) is 4.29. The molecule has 0 radical (unpaired) electrons. The molecule has 7 heteroatoms. The fraction of sp³-hybridized carbons (Fsp3) is 0.357. The van der Waals surface area contributed by atoms with E-state index in [0.29, 0.717) is 25.1 Å². The Morgan fingerprint density at radius 3 is 2.71 bits per heavy atom. The first-order chi connectivity index (χ1) is 9.60. The molecule has 0 bridgehead atoms. The minimum atomic E-state index is -0.561. The Bertz CT molecular complexity index is 617. The zero-order valence-electron chi connectivity index (χ0n) is 11.3. The summed E-state index contributed by atoms with van der Waals surface area (Å²) in [6.45, 7) is 0.814. The first-order valence-electron chi connectivity index (χ1n) is 6.56. The SMILES string of the molecule is Cl.NCc1ccc2c(c1)CN(C1CCC(=O)NC1=O)C2=O. The van der Waals surface area contributed by atoms with E-state index in [0.717, 1.165) is 11.1 Å². The molecule has 0 spiro atoms. The number of imide groups is 1. The van der Waals surface area contributed by atoms with Crippen LogP contribution in [0, 0.1) is 0 Å². The third kappa shape index (κ3) is 2.64. The average Bonchev–Trinajstić information content (AvgIpc) is 2.75. The van der Waals surface area contributed by atoms with Crippen molar-refractivity contribution in [2.24, 2.45) is 5.73 Å². The van der Waals surface area contributed by atoms with Gasteiger partial charge in [0.05, 0.1) is 0 Å². The second-order valence-corrected chi connectivity index (χ2v) is 5.10. The van der Waals surface area contributed by atoms with Crippen molar-refractivity contribution in [1.82, 2.24) is 10.2 Å². The molecule has 1 unspecified atom stereocenters. The maximum atomic E-state index is 12.4. The van der Waals surface area contributed by atoms with Gasteiger partial charge in [-0.15, -0.1) is 12.4 Å². The molecule has 3 rings (SSSR count). The molecule has 6 nitrogen and oxygen atoms in total. The summed E-state index contributed by atoms with van der Waals surface area (Å²) in [7, 11) is 0. The van der Waals surface area contributed by atoms with Gasteiger partial charge in [-0.1, -0.05) is 12.1 Å². The molecule has 0 aromatic heterocycles. The maximum Gasteiger partial charge on any atom is 0.255 e. The van der Waals surface area contributed by atoms with Gasteiger partial charge < -0.3 is 10.6 Å². The van der Waals surface area contributed by atoms with Crippen LogP contribution in [0.15, 0.2) is 18.2 Å². The molecule has 0 aliphatic carbocycles. The summed E-state index contributed by atoms with van der Waals surface area (Å²) in [5, 5.41) is 2.28. The molecule has 3 N–H and O–H groups in total. The summed E-state index contributed by atoms with van der Waals surface area (Å²) in [5.74, 6) is -0.819. The Morgan fingerprint density at radius 2 is 2.05 bits per heavy atom. The van der Waals surface area contributed by atoms with E-state index in [4.69, 9.17) is 5.73 Å². The second kappa shape index (κ2) is 5.83. The zero-order valence-corrected chi connectivity index (χ0v) is 12.1. The normalized spacial score (nSPS) is 20.9. The predicted octanol–water partition coefficient (Wildman–Crippen LogP) is 0.328. The summed E-state index contributed by atoms with van der Waals surface area (Å²) in [4.78, 5) is 36.9. The Hall–Kier alpha value is -1.92. The van der Waals surface area contributed by atoms with Gasteiger partial charge in [0.25, 0.3) is 5.91 Å². The van der Waals surface area contributed by atoms with Crippen LogP contribution in [0.5, 0.6) is 0 Å². The van der Waals surface area contributed by atoms with Crippen LogP contribution in [0.25, 0.3) is 0 Å². The third-order valence-corrected chi connectivity index (χ3v) is 3.82. The standard InChI is InChI=1S/C14H15N3O3.ClH/c15-6-8-1-2-10-9(5-8)7-17(14(10)20)11-3-4-12(18)16-13(11)19;/h1-2,5,11H,3-4,6-7,15H2,(H,16,18,19);1H. The fourth-order valence-corrected chi connectivity index (χ4v) is 2.75. The number of benzene rings is 1. The van der Waals surface area contributed by atoms with Gasteiger partial charge >= 0.3 is 0 Å². The lowest BCUT2D eigenvalue weighted by Crippen LogP contribution is -2.52. The van der Waals surface area contributed by atoms with E-state index >= 15 is 0 Å². The van der Waals surface area contributed by atoms with E-state index in [1.807, 2.05) is 12.1 Å². The molecule has 21 heavy (non-hydrogen) atoms. The van der Waals surface area contributed by atoms with E-state index in [1.54, 1.807) is 6.07 Å². The number of hydrogen-bond acceptors (Lipinski definition) is 4. The van der Waals surface area contributed by atoms with Crippen molar-refractivity contribution in [3.8, 4) is 0 Å². The summed E-state index contributed by atoms with van der Waals surface area (Å²) < 4.78 is 0. The highest BCUT2D eigenvalue weighted by atomic mass is 35.5. The van der Waals surface area contributed by atoms with Crippen molar-refractivity contribution in [2.45, 2.75) is 32.0 Å². The average molecular weight is 310 g/mol. The van der Waals surface area contributed by atoms with Gasteiger partial charge in [0.2, 0.25) is 11.8 Å². The minimum Gasteiger partial charge on any atom is -0.326 e. The number of piperidine rings is 1. The third-order valence-electron chi connectivity index (χ3n) is 3.82. The van der Waals surface area contributed by atoms with Crippen molar-refractivity contribution in [1.29, 1.82) is 0 Å². The van der Waals surface area contributed by atoms with Crippen LogP contribution in [0.2, 0.25) is 0 Å². The summed E-state index contributed by atoms with van der Waals surface area (Å²) in [6, 6.07) is 4.92. The van der Waals surface area contributed by atoms with Gasteiger partial charge in [0.1, 0.15) is 6.04 Å². The molecule has 2 aliphatic rings. The summed E-state index contributed by atoms with van der Waals surface area (Å²) in [5.41, 5.74) is 8.06. The lowest BCUT2D eigenvalue weighted by Gasteiger charge is -2.29. The molecule has 2 heterocycles. The molecule has 0 saturated carbocycles. The molecule has 1 atom stereocenters. The zero-order chi connectivity index (χ0) is 14.3. The lowest BCUT2D eigenvalue weighted by atomic mass is 10.0. The topological polar surface area (TPSA) is 92.5 Å². The van der Waals surface area contributed by atoms with Crippen LogP contribution in [0.3, 0.4) is 0 Å². The van der Waals surface area contributed by atoms with Crippen LogP contribution >= 0.6 is 12.4 Å². The van der Waals surface area contributed by atoms with Crippen LogP contribution in [0.1, 0.15) is 34.3 Å². The Labute approximate surface area is 128 Å². The number of nitrogens with one attached hydrogen (secondary N) is 1. The highest BCUT2D eigenvalue weighted by Gasteiger charge is 2.38. The van der Waals surface area contributed by atoms with E-state index in [2.05, 4.69) is 5.32 Å². The number of carbonyl (C=O) groups is 3. The fourth-order valence-electron chi connectivity index (χ4n) is 2.75. The van der Waals surface area contributed by atoms with Crippen molar-refractivity contribution in [3.05, 3.63) is 34.9 Å². The summed E-state index contributed by atoms with van der Waals surface area (Å²) in [6.07, 6.45) is 0.652. The molecule has 112 valence electrons. The number of rotatable bonds is 2. The Morgan fingerprint density at radius 1 is 1.29 bits per heavy atom. The maximum absolute atomic E-state index is 12.4. The number of halogens is 1. The molecular formula is C14H16ClN3O3. The van der Waals surface area contributed by atoms with Gasteiger partial charge in [0, 0.05) is 25.1 Å². The van der Waals surface area contributed by atoms with Gasteiger partial charge in [-0.05, 0) is 23.6 Å². The van der Waals surface area contributed by atoms with Crippen molar-refractivity contribution >= 4 is 30.1 Å². The number of fused-ring (bicyclic) bond motifs is 1. The van der Waals surface area contributed by atoms with Crippen molar-refractivity contribution in [3.63, 3.8) is 0 Å². The largest absolute Gasteiger partial charge is 0.326 e. The number of nitrogens with two attached hydrogens (primary N) is 1. The molecule has 1 aromatic carbocycles. The minimum absolute atomic E-state index is 0. The van der Waals surface area contributed by atoms with Crippen LogP contribution in [-0.4, -0.2) is 28.7 Å². The van der Waals surface area contributed by atoms with Crippen molar-refractivity contribution in [2.75, 3.05) is 0 Å². The van der Waals surface area contributed by atoms with Crippen molar-refractivity contribution < 1.29 is 14.4 Å². The lowest BCUT2D eigenvalue weighted by molar-refractivity contribution is -0.136. The summed E-state index contributed by atoms with van der Waals surface area (Å²) >= 11 is 0. The number of nitrogens with zero attached hydrogens (tertiary/aromatic N) is 1. The smallest absolute Gasteiger partial charge is 0.255 e. The Balaban J connectivity index is 0.00000161. The first-order valence-corrected chi connectivity index (χ1v) is 6.56. The molecular weight excluding hydrogens is 294 g/mol. The number of hydrogen-bond donors (Lipinski definition) is 2. The quantitative estimate of drug-likeness (QED) is 0.770. The van der Waals surface area contributed by atoms with Crippen LogP contribution in [-0.2, 0) is 22.7 Å². The van der Waals surface area contributed by atoms with E-state index in [-0.39, 0.29) is 36.5 Å².